The molecule has 4 atom stereocenters. The molecule has 27 heteroatoms. The largest absolute Gasteiger partial charge is 0.361 e. The van der Waals surface area contributed by atoms with Crippen LogP contribution in [0.5, 0.6) is 0 Å². The Labute approximate surface area is 715 Å². The van der Waals surface area contributed by atoms with Crippen molar-refractivity contribution in [1.82, 2.24) is 78.1 Å². The molecule has 0 saturated carbocycles. The third-order valence-corrected chi connectivity index (χ3v) is 22.9. The van der Waals surface area contributed by atoms with Crippen LogP contribution in [0.4, 0.5) is 27.7 Å². The Hall–Kier alpha value is -15.0. The van der Waals surface area contributed by atoms with Gasteiger partial charge in [0.2, 0.25) is 0 Å². The maximum absolute atomic E-state index is 14.3. The van der Waals surface area contributed by atoms with Crippen molar-refractivity contribution in [1.29, 1.82) is 0 Å². The average molecular weight is 1710 g/mol. The number of anilines is 4. The van der Waals surface area contributed by atoms with E-state index in [1.807, 2.05) is 274 Å². The van der Waals surface area contributed by atoms with Gasteiger partial charge in [-0.1, -0.05) is 157 Å². The number of hydrogen-bond donors (Lipinski definition) is 8. The number of nitrogens with zero attached hydrogens (tertiary/aromatic N) is 12. The molecule has 0 fully saturated rings. The lowest BCUT2D eigenvalue weighted by Gasteiger charge is -2.22. The van der Waals surface area contributed by atoms with Crippen molar-refractivity contribution in [3.63, 3.8) is 0 Å². The molecule has 12 aromatic heterocycles. The molecule has 0 aliphatic rings. The number of aryl methyl sites for hydroxylation is 4. The fourth-order valence-corrected chi connectivity index (χ4v) is 16.8. The molecule has 0 radical (unpaired) electrons. The summed E-state index contributed by atoms with van der Waals surface area (Å²) in [4.78, 5) is 101. The summed E-state index contributed by atoms with van der Waals surface area (Å²) in [5.74, 6) is 1.97. The van der Waals surface area contributed by atoms with Gasteiger partial charge in [0.1, 0.15) is 71.2 Å². The topological polar surface area (TPSA) is 302 Å². The lowest BCUT2D eigenvalue weighted by atomic mass is 10.0. The monoisotopic (exact) mass is 1710 g/mol. The zero-order valence-corrected chi connectivity index (χ0v) is 70.3. The summed E-state index contributed by atoms with van der Waals surface area (Å²) in [6.45, 7) is 15.9. The highest BCUT2D eigenvalue weighted by atomic mass is 79.9. The summed E-state index contributed by atoms with van der Waals surface area (Å²) in [6, 6.07) is 71.5. The summed E-state index contributed by atoms with van der Waals surface area (Å²) < 4.78 is 22.3. The van der Waals surface area contributed by atoms with E-state index in [0.717, 1.165) is 143 Å². The molecular formula is C96H81BrClFN20O4. The number of halogens is 3. The molecule has 12 heterocycles. The van der Waals surface area contributed by atoms with Gasteiger partial charge in [-0.15, -0.1) is 0 Å². The first-order valence-corrected chi connectivity index (χ1v) is 41.0. The predicted molar refractivity (Wildman–Crippen MR) is 494 cm³/mol. The quantitative estimate of drug-likeness (QED) is 0.0446. The van der Waals surface area contributed by atoms with Crippen LogP contribution >= 0.6 is 27.5 Å². The van der Waals surface area contributed by atoms with Crippen LogP contribution in [0.25, 0.3) is 110 Å². The second kappa shape index (κ2) is 34.4. The minimum atomic E-state index is -0.431. The van der Waals surface area contributed by atoms with E-state index in [1.54, 1.807) is 24.5 Å². The third-order valence-electron chi connectivity index (χ3n) is 22.0. The van der Waals surface area contributed by atoms with Crippen molar-refractivity contribution in [2.75, 3.05) is 21.3 Å². The molecule has 0 spiro atoms. The summed E-state index contributed by atoms with van der Waals surface area (Å²) in [7, 11) is 0. The number of hydrogen-bond acceptors (Lipinski definition) is 16. The highest BCUT2D eigenvalue weighted by Gasteiger charge is 2.26. The molecule has 8 aromatic carbocycles. The number of aromatic amines is 4. The van der Waals surface area contributed by atoms with Gasteiger partial charge < -0.3 is 41.2 Å². The van der Waals surface area contributed by atoms with Gasteiger partial charge in [0, 0.05) is 74.8 Å². The van der Waals surface area contributed by atoms with E-state index in [1.165, 1.54) is 31.5 Å². The second-order valence-electron chi connectivity index (χ2n) is 30.0. The lowest BCUT2D eigenvalue weighted by molar-refractivity contribution is 0.639. The molecule has 0 saturated heterocycles. The molecule has 24 nitrogen and oxygen atoms in total. The van der Waals surface area contributed by atoms with Crippen LogP contribution in [0.15, 0.2) is 298 Å². The van der Waals surface area contributed by atoms with Crippen LogP contribution in [0.1, 0.15) is 96.9 Å². The van der Waals surface area contributed by atoms with Crippen LogP contribution in [-0.2, 0) is 0 Å². The van der Waals surface area contributed by atoms with Crippen molar-refractivity contribution in [3.05, 3.63) is 376 Å². The van der Waals surface area contributed by atoms with Crippen molar-refractivity contribution < 1.29 is 4.39 Å². The maximum Gasteiger partial charge on any atom is 0.263 e. The SMILES string of the molecule is Cc1cccc2cc([C@H](C)Nc3ncnc4[nH]cc(Br)c34)n(-c3ccccc3)c(=O)c12.Cc1cccc2cc([C@H](C)Nc3ncnc4[nH]cc(Cl)c34)n(-c3ccccc3)c(=O)c12.Cc1cccc2cc([C@H](C)Nc3ncnc4[nH]cc(F)c34)n(-c3ccccc3)c(=O)c12.Cc1cccc2cc([C@H](C)Nc3ncnc4[nH]ccc34)n(-c3ccccc3)c(=O)c12. The van der Waals surface area contributed by atoms with Gasteiger partial charge in [-0.2, -0.15) is 0 Å². The highest BCUT2D eigenvalue weighted by Crippen LogP contribution is 2.36. The predicted octanol–water partition coefficient (Wildman–Crippen LogP) is 20.5. The molecule has 0 bridgehead atoms. The van der Waals surface area contributed by atoms with Crippen LogP contribution in [-0.4, -0.2) is 78.1 Å². The van der Waals surface area contributed by atoms with Crippen LogP contribution in [0.2, 0.25) is 5.02 Å². The number of aromatic nitrogens is 16. The maximum atomic E-state index is 14.3. The van der Waals surface area contributed by atoms with Crippen LogP contribution in [0, 0.1) is 33.5 Å². The Kier molecular flexibility index (Phi) is 22.5. The van der Waals surface area contributed by atoms with Gasteiger partial charge in [0.05, 0.1) is 72.3 Å². The number of benzene rings is 8. The standard InChI is InChI=1S/C24H20BrN5O.C24H20ClN5O.C24H20FN5O.C24H21N5O/c3*1-14-7-6-8-16-11-19(30(24(31)20(14)16)17-9-4-3-5-10-17)15(2)29-23-21-18(25)12-26-22(21)27-13-28-23;1-15-7-6-8-17-13-20(29(24(30)21(15)17)18-9-4-3-5-10-18)16(2)28-23-19-11-12-25-22(19)26-14-27-23/h3*3-13,15H,1-2H3,(H2,26,27,28,29);3-14,16H,1-2H3,(H2,25,26,27,28)/t3*15-;16-/m0000/s1. The molecule has 123 heavy (non-hydrogen) atoms. The first kappa shape index (κ1) is 80.4. The molecule has 0 amide bonds. The van der Waals surface area contributed by atoms with E-state index in [9.17, 15) is 23.6 Å². The summed E-state index contributed by atoms with van der Waals surface area (Å²) in [5.41, 5.74) is 12.8. The first-order chi connectivity index (χ1) is 59.8. The van der Waals surface area contributed by atoms with Gasteiger partial charge in [0.25, 0.3) is 22.2 Å². The molecule has 20 aromatic rings. The molecule has 8 N–H and O–H groups in total. The smallest absolute Gasteiger partial charge is 0.263 e. The Balaban J connectivity index is 0.000000116. The van der Waals surface area contributed by atoms with Crippen molar-refractivity contribution >= 4 is 138 Å². The number of fused-ring (bicyclic) bond motifs is 8. The average Bonchev–Trinajstić information content (AvgIpc) is 1.14. The minimum absolute atomic E-state index is 0.0186. The third kappa shape index (κ3) is 15.7. The van der Waals surface area contributed by atoms with Gasteiger partial charge in [-0.3, -0.25) is 37.4 Å². The lowest BCUT2D eigenvalue weighted by Crippen LogP contribution is -2.26. The minimum Gasteiger partial charge on any atom is -0.361 e. The summed E-state index contributed by atoms with van der Waals surface area (Å²) in [6.07, 6.45) is 12.5. The van der Waals surface area contributed by atoms with E-state index in [0.29, 0.717) is 44.5 Å². The van der Waals surface area contributed by atoms with Gasteiger partial charge in [0.15, 0.2) is 5.82 Å². The fourth-order valence-electron chi connectivity index (χ4n) is 16.1. The van der Waals surface area contributed by atoms with E-state index in [4.69, 9.17) is 11.6 Å². The normalized spacial score (nSPS) is 12.3. The Bertz CT molecular complexity index is 7110. The summed E-state index contributed by atoms with van der Waals surface area (Å²) in [5, 5.41) is 23.5. The fraction of sp³-hybridized carbons (Fsp3) is 0.125. The molecule has 0 aliphatic heterocycles. The molecule has 0 aliphatic carbocycles. The zero-order valence-electron chi connectivity index (χ0n) is 67.9. The number of nitrogens with one attached hydrogen (secondary N) is 8. The number of para-hydroxylation sites is 4. The van der Waals surface area contributed by atoms with E-state index < -0.39 is 5.82 Å². The Morgan fingerprint density at radius 2 is 0.634 bits per heavy atom. The Morgan fingerprint density at radius 3 is 1.01 bits per heavy atom. The molecule has 610 valence electrons. The highest BCUT2D eigenvalue weighted by molar-refractivity contribution is 9.10. The number of pyridine rings is 4. The van der Waals surface area contributed by atoms with E-state index >= 15 is 0 Å². The van der Waals surface area contributed by atoms with Crippen LogP contribution in [0.3, 0.4) is 0 Å². The molecular weight excluding hydrogens is 1630 g/mol. The summed E-state index contributed by atoms with van der Waals surface area (Å²) >= 11 is 9.91. The van der Waals surface area contributed by atoms with Crippen molar-refractivity contribution in [3.8, 4) is 22.7 Å². The van der Waals surface area contributed by atoms with Gasteiger partial charge >= 0.3 is 0 Å². The van der Waals surface area contributed by atoms with Gasteiger partial charge in [-0.05, 0) is 194 Å². The van der Waals surface area contributed by atoms with E-state index in [-0.39, 0.29) is 46.4 Å². The first-order valence-electron chi connectivity index (χ1n) is 39.9. The Morgan fingerprint density at radius 1 is 0.333 bits per heavy atom. The zero-order chi connectivity index (χ0) is 85.3. The number of rotatable bonds is 16. The second-order valence-corrected chi connectivity index (χ2v) is 31.3. The molecule has 20 rings (SSSR count). The van der Waals surface area contributed by atoms with Gasteiger partial charge in [-0.25, -0.2) is 44.3 Å². The van der Waals surface area contributed by atoms with Crippen molar-refractivity contribution in [2.24, 2.45) is 0 Å². The van der Waals surface area contributed by atoms with E-state index in [2.05, 4.69) is 115 Å². The number of H-pyrrole nitrogens is 4. The molecule has 0 unspecified atom stereocenters. The van der Waals surface area contributed by atoms with Crippen LogP contribution < -0.4 is 43.5 Å². The van der Waals surface area contributed by atoms with Crippen molar-refractivity contribution in [2.45, 2.75) is 79.6 Å².